The number of benzene rings is 1. The fourth-order valence-electron chi connectivity index (χ4n) is 3.00. The Morgan fingerprint density at radius 3 is 2.36 bits per heavy atom. The van der Waals surface area contributed by atoms with Crippen molar-refractivity contribution in [3.63, 3.8) is 0 Å². The predicted molar refractivity (Wildman–Crippen MR) is 103 cm³/mol. The van der Waals surface area contributed by atoms with Gasteiger partial charge in [0.15, 0.2) is 6.61 Å². The van der Waals surface area contributed by atoms with Crippen molar-refractivity contribution in [1.29, 1.82) is 0 Å². The van der Waals surface area contributed by atoms with Gasteiger partial charge in [0, 0.05) is 23.2 Å². The zero-order chi connectivity index (χ0) is 21.5. The van der Waals surface area contributed by atoms with Crippen LogP contribution in [-0.2, 0) is 14.3 Å². The fourth-order valence-corrected chi connectivity index (χ4v) is 3.00. The number of nitro benzene ring substituents is 1. The zero-order valence-electron chi connectivity index (χ0n) is 16.8. The summed E-state index contributed by atoms with van der Waals surface area (Å²) in [6, 6.07) is 5.11. The number of hydrogen-bond donors (Lipinski definition) is 2. The molecule has 0 heterocycles. The number of carbonyl (C=O) groups excluding carboxylic acids is 3. The van der Waals surface area contributed by atoms with E-state index in [0.717, 1.165) is 12.5 Å². The van der Waals surface area contributed by atoms with Gasteiger partial charge in [0.25, 0.3) is 17.5 Å². The minimum atomic E-state index is -0.789. The van der Waals surface area contributed by atoms with Gasteiger partial charge in [-0.25, -0.2) is 0 Å². The van der Waals surface area contributed by atoms with Crippen LogP contribution >= 0.6 is 0 Å². The lowest BCUT2D eigenvalue weighted by atomic mass is 9.82. The minimum Gasteiger partial charge on any atom is -0.454 e. The van der Waals surface area contributed by atoms with E-state index in [1.54, 1.807) is 0 Å². The molecule has 1 aromatic carbocycles. The summed E-state index contributed by atoms with van der Waals surface area (Å²) < 4.78 is 4.85. The van der Waals surface area contributed by atoms with Gasteiger partial charge in [-0.2, -0.15) is 0 Å². The Labute approximate surface area is 164 Å². The van der Waals surface area contributed by atoms with Gasteiger partial charge in [-0.1, -0.05) is 26.8 Å². The van der Waals surface area contributed by atoms with Crippen molar-refractivity contribution in [3.8, 4) is 0 Å². The molecular formula is C19H27N3O6. The lowest BCUT2D eigenvalue weighted by Gasteiger charge is -2.33. The van der Waals surface area contributed by atoms with Crippen LogP contribution in [0.2, 0.25) is 0 Å². The molecule has 9 heteroatoms. The van der Waals surface area contributed by atoms with Gasteiger partial charge in [-0.05, 0) is 31.7 Å². The summed E-state index contributed by atoms with van der Waals surface area (Å²) in [5, 5.41) is 15.8. The van der Waals surface area contributed by atoms with Crippen molar-refractivity contribution < 1.29 is 24.0 Å². The number of esters is 1. The molecule has 154 valence electrons. The predicted octanol–water partition coefficient (Wildman–Crippen LogP) is 2.20. The molecule has 0 spiro atoms. The van der Waals surface area contributed by atoms with Crippen LogP contribution < -0.4 is 10.6 Å². The summed E-state index contributed by atoms with van der Waals surface area (Å²) in [7, 11) is 0. The van der Waals surface area contributed by atoms with E-state index in [9.17, 15) is 24.5 Å². The molecule has 0 unspecified atom stereocenters. The maximum atomic E-state index is 12.0. The van der Waals surface area contributed by atoms with Crippen molar-refractivity contribution in [2.75, 3.05) is 13.2 Å². The number of ether oxygens (including phenoxy) is 1. The Kier molecular flexibility index (Phi) is 7.66. The Morgan fingerprint density at radius 1 is 1.14 bits per heavy atom. The van der Waals surface area contributed by atoms with Gasteiger partial charge < -0.3 is 15.4 Å². The highest BCUT2D eigenvalue weighted by Gasteiger charge is 2.27. The van der Waals surface area contributed by atoms with E-state index in [1.165, 1.54) is 18.2 Å². The molecule has 0 aliphatic heterocycles. The van der Waals surface area contributed by atoms with Gasteiger partial charge >= 0.3 is 5.97 Å². The third-order valence-electron chi connectivity index (χ3n) is 3.53. The van der Waals surface area contributed by atoms with E-state index in [0.29, 0.717) is 0 Å². The quantitative estimate of drug-likeness (QED) is 0.396. The first kappa shape index (κ1) is 23.1. The third kappa shape index (κ3) is 8.61. The Balaban J connectivity index is 2.44. The lowest BCUT2D eigenvalue weighted by molar-refractivity contribution is -0.384. The summed E-state index contributed by atoms with van der Waals surface area (Å²) in [5.41, 5.74) is -0.629. The topological polar surface area (TPSA) is 128 Å². The van der Waals surface area contributed by atoms with Gasteiger partial charge in [-0.15, -0.1) is 0 Å². The second-order valence-corrected chi connectivity index (χ2v) is 8.32. The monoisotopic (exact) mass is 393 g/mol. The summed E-state index contributed by atoms with van der Waals surface area (Å²) >= 11 is 0. The first-order valence-corrected chi connectivity index (χ1v) is 8.78. The van der Waals surface area contributed by atoms with Crippen LogP contribution in [-0.4, -0.2) is 41.4 Å². The number of hydrogen-bond acceptors (Lipinski definition) is 6. The number of nitrogens with zero attached hydrogens (tertiary/aromatic N) is 1. The van der Waals surface area contributed by atoms with E-state index < -0.39 is 41.4 Å². The molecule has 1 rings (SSSR count). The molecule has 0 radical (unpaired) electrons. The van der Waals surface area contributed by atoms with Crippen molar-refractivity contribution >= 4 is 23.5 Å². The molecule has 2 amide bonds. The van der Waals surface area contributed by atoms with E-state index in [1.807, 2.05) is 13.8 Å². The Bertz CT molecular complexity index is 752. The molecular weight excluding hydrogens is 366 g/mol. The van der Waals surface area contributed by atoms with Gasteiger partial charge in [-0.3, -0.25) is 24.5 Å². The number of nitrogens with one attached hydrogen (secondary N) is 2. The van der Waals surface area contributed by atoms with Crippen molar-refractivity contribution in [1.82, 2.24) is 10.6 Å². The summed E-state index contributed by atoms with van der Waals surface area (Å²) in [4.78, 5) is 45.8. The normalized spacial score (nSPS) is 11.5. The second-order valence-electron chi connectivity index (χ2n) is 8.32. The highest BCUT2D eigenvalue weighted by atomic mass is 16.6. The molecule has 2 N–H and O–H groups in total. The largest absolute Gasteiger partial charge is 0.454 e. The maximum Gasteiger partial charge on any atom is 0.325 e. The first-order valence-electron chi connectivity index (χ1n) is 8.78. The van der Waals surface area contributed by atoms with Crippen LogP contribution in [0.15, 0.2) is 24.3 Å². The SMILES string of the molecule is CC(C)(C)CC(C)(C)NC(=O)COC(=O)CNC(=O)c1cccc([N+](=O)[O-])c1. The Hall–Kier alpha value is -2.97. The molecule has 1 aromatic rings. The zero-order valence-corrected chi connectivity index (χ0v) is 16.8. The van der Waals surface area contributed by atoms with Crippen LogP contribution in [0.4, 0.5) is 5.69 Å². The minimum absolute atomic E-state index is 0.0181. The molecule has 9 nitrogen and oxygen atoms in total. The van der Waals surface area contributed by atoms with E-state index in [2.05, 4.69) is 31.4 Å². The van der Waals surface area contributed by atoms with Crippen LogP contribution in [0, 0.1) is 15.5 Å². The first-order chi connectivity index (χ1) is 12.8. The second kappa shape index (κ2) is 9.29. The highest BCUT2D eigenvalue weighted by molar-refractivity contribution is 5.96. The molecule has 0 bridgehead atoms. The molecule has 0 aromatic heterocycles. The van der Waals surface area contributed by atoms with Crippen molar-refractivity contribution in [2.45, 2.75) is 46.6 Å². The van der Waals surface area contributed by atoms with E-state index >= 15 is 0 Å². The summed E-state index contributed by atoms with van der Waals surface area (Å²) in [6.45, 7) is 9.04. The maximum absolute atomic E-state index is 12.0. The lowest BCUT2D eigenvalue weighted by Crippen LogP contribution is -2.47. The third-order valence-corrected chi connectivity index (χ3v) is 3.53. The van der Waals surface area contributed by atoms with Crippen molar-refractivity contribution in [2.24, 2.45) is 5.41 Å². The molecule has 0 aliphatic rings. The van der Waals surface area contributed by atoms with Crippen LogP contribution in [0.1, 0.15) is 51.4 Å². The molecule has 0 saturated heterocycles. The number of amides is 2. The summed E-state index contributed by atoms with van der Waals surface area (Å²) in [5.74, 6) is -1.88. The van der Waals surface area contributed by atoms with Crippen LogP contribution in [0.5, 0.6) is 0 Å². The molecule has 0 fully saturated rings. The van der Waals surface area contributed by atoms with Gasteiger partial charge in [0.05, 0.1) is 4.92 Å². The molecule has 28 heavy (non-hydrogen) atoms. The average Bonchev–Trinajstić information content (AvgIpc) is 2.55. The number of rotatable bonds is 8. The van der Waals surface area contributed by atoms with E-state index in [-0.39, 0.29) is 16.7 Å². The average molecular weight is 393 g/mol. The standard InChI is InChI=1S/C19H27N3O6/c1-18(2,3)12-19(4,5)21-15(23)11-28-16(24)10-20-17(25)13-7-6-8-14(9-13)22(26)27/h6-9H,10-12H2,1-5H3,(H,20,25)(H,21,23). The number of carbonyl (C=O) groups is 3. The molecule has 0 aliphatic carbocycles. The summed E-state index contributed by atoms with van der Waals surface area (Å²) in [6.07, 6.45) is 0.735. The molecule has 0 atom stereocenters. The van der Waals surface area contributed by atoms with Crippen LogP contribution in [0.25, 0.3) is 0 Å². The smallest absolute Gasteiger partial charge is 0.325 e. The highest BCUT2D eigenvalue weighted by Crippen LogP contribution is 2.26. The Morgan fingerprint density at radius 2 is 1.79 bits per heavy atom. The number of nitro groups is 1. The van der Waals surface area contributed by atoms with E-state index in [4.69, 9.17) is 4.74 Å². The van der Waals surface area contributed by atoms with Gasteiger partial charge in [0.1, 0.15) is 6.54 Å². The molecule has 0 saturated carbocycles. The van der Waals surface area contributed by atoms with Crippen molar-refractivity contribution in [3.05, 3.63) is 39.9 Å². The number of non-ortho nitro benzene ring substituents is 1. The van der Waals surface area contributed by atoms with Gasteiger partial charge in [0.2, 0.25) is 0 Å². The van der Waals surface area contributed by atoms with Crippen LogP contribution in [0.3, 0.4) is 0 Å². The fraction of sp³-hybridized carbons (Fsp3) is 0.526.